The number of carbonyl (C=O) groups is 2. The number of oxazole rings is 1. The molecule has 1 aromatic heterocycles. The maximum absolute atomic E-state index is 13.4. The molecule has 2 amide bonds. The predicted octanol–water partition coefficient (Wildman–Crippen LogP) is 1.67. The van der Waals surface area contributed by atoms with E-state index < -0.39 is 5.92 Å². The molecule has 1 N–H and O–H groups in total. The van der Waals surface area contributed by atoms with E-state index in [1.54, 1.807) is 0 Å². The summed E-state index contributed by atoms with van der Waals surface area (Å²) in [7, 11) is 0. The summed E-state index contributed by atoms with van der Waals surface area (Å²) in [4.78, 5) is 33.7. The Morgan fingerprint density at radius 3 is 2.97 bits per heavy atom. The summed E-state index contributed by atoms with van der Waals surface area (Å²) in [5.41, 5.74) is 1.52. The second-order valence-electron chi connectivity index (χ2n) is 8.18. The first-order chi connectivity index (χ1) is 14.1. The Kier molecular flexibility index (Phi) is 4.38. The van der Waals surface area contributed by atoms with E-state index in [1.807, 2.05) is 34.1 Å². The van der Waals surface area contributed by atoms with Crippen molar-refractivity contribution in [2.45, 2.75) is 37.8 Å². The van der Waals surface area contributed by atoms with E-state index in [0.29, 0.717) is 25.5 Å². The highest BCUT2D eigenvalue weighted by molar-refractivity contribution is 5.86. The number of anilines is 1. The van der Waals surface area contributed by atoms with Gasteiger partial charge in [0.25, 0.3) is 6.01 Å². The molecule has 3 aliphatic heterocycles. The van der Waals surface area contributed by atoms with Gasteiger partial charge >= 0.3 is 0 Å². The third-order valence-electron chi connectivity index (χ3n) is 6.45. The number of rotatable bonds is 2. The van der Waals surface area contributed by atoms with Crippen LogP contribution in [0.2, 0.25) is 0 Å². The van der Waals surface area contributed by atoms with Crippen molar-refractivity contribution in [3.63, 3.8) is 0 Å². The molecule has 4 heterocycles. The van der Waals surface area contributed by atoms with E-state index in [9.17, 15) is 14.9 Å². The van der Waals surface area contributed by atoms with E-state index in [0.717, 1.165) is 36.9 Å². The van der Waals surface area contributed by atoms with E-state index in [2.05, 4.69) is 16.4 Å². The maximum atomic E-state index is 13.4. The van der Waals surface area contributed by atoms with Gasteiger partial charge in [0.15, 0.2) is 5.58 Å². The fourth-order valence-corrected chi connectivity index (χ4v) is 4.91. The molecule has 4 atom stereocenters. The smallest absolute Gasteiger partial charge is 0.299 e. The molecule has 3 aliphatic rings. The first kappa shape index (κ1) is 18.0. The number of carbonyl (C=O) groups excluding carboxylic acids is 2. The van der Waals surface area contributed by atoms with Crippen LogP contribution in [-0.4, -0.2) is 53.4 Å². The fraction of sp³-hybridized carbons (Fsp3) is 0.524. The van der Waals surface area contributed by atoms with Crippen LogP contribution in [0.3, 0.4) is 0 Å². The Morgan fingerprint density at radius 1 is 1.28 bits per heavy atom. The number of aromatic nitrogens is 1. The summed E-state index contributed by atoms with van der Waals surface area (Å²) in [6.07, 6.45) is 2.95. The molecular formula is C21H23N5O3. The van der Waals surface area contributed by atoms with Crippen LogP contribution in [0.25, 0.3) is 11.1 Å². The second kappa shape index (κ2) is 7.07. The molecule has 8 nitrogen and oxygen atoms in total. The van der Waals surface area contributed by atoms with Crippen LogP contribution in [0, 0.1) is 23.2 Å². The molecule has 0 spiro atoms. The Labute approximate surface area is 168 Å². The lowest BCUT2D eigenvalue weighted by Crippen LogP contribution is -2.59. The maximum Gasteiger partial charge on any atom is 0.299 e. The molecule has 0 radical (unpaired) electrons. The number of hydrogen-bond acceptors (Lipinski definition) is 6. The average molecular weight is 393 g/mol. The van der Waals surface area contributed by atoms with Crippen LogP contribution in [0.4, 0.5) is 6.01 Å². The summed E-state index contributed by atoms with van der Waals surface area (Å²) in [5.74, 6) is -0.566. The van der Waals surface area contributed by atoms with Gasteiger partial charge in [-0.3, -0.25) is 9.59 Å². The average Bonchev–Trinajstić information content (AvgIpc) is 3.39. The normalized spacial score (nSPS) is 29.4. The zero-order chi connectivity index (χ0) is 20.0. The van der Waals surface area contributed by atoms with Crippen molar-refractivity contribution in [1.29, 1.82) is 5.26 Å². The summed E-state index contributed by atoms with van der Waals surface area (Å²) >= 11 is 0. The molecule has 4 unspecified atom stereocenters. The lowest BCUT2D eigenvalue weighted by molar-refractivity contribution is -0.136. The number of nitriles is 1. The SMILES string of the molecule is N#CC1CC2CN(C(=O)C3CCCN3c3nc4ccccc4o3)CCC2NC1=O. The highest BCUT2D eigenvalue weighted by Gasteiger charge is 2.43. The number of nitrogens with one attached hydrogen (secondary N) is 1. The standard InChI is InChI=1S/C21H23N5O3/c22-11-13-10-14-12-25(9-7-15(14)23-19(13)27)20(28)17-5-3-8-26(17)21-24-16-4-1-2-6-18(16)29-21/h1-2,4,6,13-15,17H,3,5,7-10,12H2,(H,23,27). The Morgan fingerprint density at radius 2 is 2.14 bits per heavy atom. The van der Waals surface area contributed by atoms with Crippen molar-refractivity contribution in [3.05, 3.63) is 24.3 Å². The topological polar surface area (TPSA) is 102 Å². The molecule has 29 heavy (non-hydrogen) atoms. The monoisotopic (exact) mass is 393 g/mol. The number of amides is 2. The van der Waals surface area contributed by atoms with E-state index in [-0.39, 0.29) is 29.8 Å². The van der Waals surface area contributed by atoms with Gasteiger partial charge in [0.1, 0.15) is 17.5 Å². The quantitative estimate of drug-likeness (QED) is 0.833. The molecule has 1 aromatic carbocycles. The molecular weight excluding hydrogens is 370 g/mol. The van der Waals surface area contributed by atoms with Crippen molar-refractivity contribution in [2.24, 2.45) is 11.8 Å². The molecule has 0 aliphatic carbocycles. The fourth-order valence-electron chi connectivity index (χ4n) is 4.91. The van der Waals surface area contributed by atoms with Gasteiger partial charge in [-0.05, 0) is 43.7 Å². The van der Waals surface area contributed by atoms with Gasteiger partial charge in [0, 0.05) is 25.7 Å². The summed E-state index contributed by atoms with van der Waals surface area (Å²) in [6, 6.07) is 9.99. The van der Waals surface area contributed by atoms with Gasteiger partial charge < -0.3 is 19.5 Å². The van der Waals surface area contributed by atoms with E-state index >= 15 is 0 Å². The highest BCUT2D eigenvalue weighted by atomic mass is 16.4. The lowest BCUT2D eigenvalue weighted by Gasteiger charge is -2.43. The van der Waals surface area contributed by atoms with Gasteiger partial charge in [0.05, 0.1) is 6.07 Å². The summed E-state index contributed by atoms with van der Waals surface area (Å²) in [5, 5.41) is 12.2. The van der Waals surface area contributed by atoms with Crippen molar-refractivity contribution in [2.75, 3.05) is 24.5 Å². The predicted molar refractivity (Wildman–Crippen MR) is 105 cm³/mol. The Hall–Kier alpha value is -3.08. The summed E-state index contributed by atoms with van der Waals surface area (Å²) < 4.78 is 5.91. The molecule has 5 rings (SSSR count). The first-order valence-corrected chi connectivity index (χ1v) is 10.2. The largest absolute Gasteiger partial charge is 0.423 e. The van der Waals surface area contributed by atoms with Crippen LogP contribution >= 0.6 is 0 Å². The minimum absolute atomic E-state index is 0.0628. The number of hydrogen-bond donors (Lipinski definition) is 1. The number of piperidine rings is 2. The molecule has 150 valence electrons. The Balaban J connectivity index is 1.32. The van der Waals surface area contributed by atoms with Crippen molar-refractivity contribution in [3.8, 4) is 6.07 Å². The van der Waals surface area contributed by atoms with Crippen LogP contribution in [0.1, 0.15) is 25.7 Å². The second-order valence-corrected chi connectivity index (χ2v) is 8.18. The third-order valence-corrected chi connectivity index (χ3v) is 6.45. The number of nitrogens with zero attached hydrogens (tertiary/aromatic N) is 4. The molecule has 0 saturated carbocycles. The van der Waals surface area contributed by atoms with Crippen LogP contribution in [-0.2, 0) is 9.59 Å². The van der Waals surface area contributed by atoms with Crippen molar-refractivity contribution >= 4 is 28.9 Å². The van der Waals surface area contributed by atoms with Crippen LogP contribution in [0.15, 0.2) is 28.7 Å². The molecule has 8 heteroatoms. The van der Waals surface area contributed by atoms with E-state index in [1.165, 1.54) is 0 Å². The number of likely N-dealkylation sites (tertiary alicyclic amines) is 1. The molecule has 2 aromatic rings. The molecule has 3 saturated heterocycles. The van der Waals surface area contributed by atoms with Gasteiger partial charge in [-0.2, -0.15) is 10.2 Å². The Bertz CT molecular complexity index is 963. The number of benzene rings is 1. The van der Waals surface area contributed by atoms with Crippen LogP contribution < -0.4 is 10.2 Å². The highest BCUT2D eigenvalue weighted by Crippen LogP contribution is 2.32. The summed E-state index contributed by atoms with van der Waals surface area (Å²) in [6.45, 7) is 1.95. The van der Waals surface area contributed by atoms with Crippen LogP contribution in [0.5, 0.6) is 0 Å². The van der Waals surface area contributed by atoms with Gasteiger partial charge in [-0.15, -0.1) is 0 Å². The zero-order valence-electron chi connectivity index (χ0n) is 16.1. The van der Waals surface area contributed by atoms with Gasteiger partial charge in [-0.25, -0.2) is 0 Å². The van der Waals surface area contributed by atoms with E-state index in [4.69, 9.17) is 4.42 Å². The molecule has 0 bridgehead atoms. The van der Waals surface area contributed by atoms with Gasteiger partial charge in [0.2, 0.25) is 11.8 Å². The lowest BCUT2D eigenvalue weighted by atomic mass is 9.80. The zero-order valence-corrected chi connectivity index (χ0v) is 16.1. The minimum atomic E-state index is -0.617. The number of para-hydroxylation sites is 2. The van der Waals surface area contributed by atoms with Crippen molar-refractivity contribution < 1.29 is 14.0 Å². The van der Waals surface area contributed by atoms with Gasteiger partial charge in [-0.1, -0.05) is 12.1 Å². The molecule has 3 fully saturated rings. The number of fused-ring (bicyclic) bond motifs is 2. The first-order valence-electron chi connectivity index (χ1n) is 10.2. The third kappa shape index (κ3) is 3.11. The van der Waals surface area contributed by atoms with Crippen molar-refractivity contribution in [1.82, 2.24) is 15.2 Å². The minimum Gasteiger partial charge on any atom is -0.423 e.